The van der Waals surface area contributed by atoms with E-state index < -0.39 is 0 Å². The van der Waals surface area contributed by atoms with Crippen LogP contribution >= 0.6 is 11.8 Å². The smallest absolute Gasteiger partial charge is 0.256 e. The molecule has 1 aliphatic heterocycles. The third-order valence-electron chi connectivity index (χ3n) is 2.94. The molecule has 1 aromatic heterocycles. The molecule has 20 heavy (non-hydrogen) atoms. The van der Waals surface area contributed by atoms with E-state index >= 15 is 0 Å². The van der Waals surface area contributed by atoms with Gasteiger partial charge in [0.25, 0.3) is 5.91 Å². The number of rotatable bonds is 2. The molecule has 0 radical (unpaired) electrons. The second kappa shape index (κ2) is 5.01. The highest BCUT2D eigenvalue weighted by atomic mass is 32.2. The minimum absolute atomic E-state index is 0.0514. The number of aromatic amines is 1. The normalized spacial score (nSPS) is 13.6. The molecule has 2 amide bonds. The summed E-state index contributed by atoms with van der Waals surface area (Å²) in [6.45, 7) is 1.85. The molecule has 0 saturated carbocycles. The predicted molar refractivity (Wildman–Crippen MR) is 77.1 cm³/mol. The zero-order chi connectivity index (χ0) is 14.1. The second-order valence-corrected chi connectivity index (χ2v) is 5.45. The number of H-pyrrole nitrogens is 1. The van der Waals surface area contributed by atoms with Gasteiger partial charge in [-0.3, -0.25) is 14.7 Å². The van der Waals surface area contributed by atoms with E-state index in [-0.39, 0.29) is 11.8 Å². The van der Waals surface area contributed by atoms with Crippen molar-refractivity contribution in [2.75, 3.05) is 16.4 Å². The number of aryl methyl sites for hydroxylation is 1. The lowest BCUT2D eigenvalue weighted by molar-refractivity contribution is -0.113. The molecule has 102 valence electrons. The van der Waals surface area contributed by atoms with Gasteiger partial charge in [-0.15, -0.1) is 11.8 Å². The summed E-state index contributed by atoms with van der Waals surface area (Å²) < 4.78 is 0. The summed E-state index contributed by atoms with van der Waals surface area (Å²) in [6.07, 6.45) is 1.64. The number of nitrogens with zero attached hydrogens (tertiary/aromatic N) is 1. The molecule has 7 heteroatoms. The van der Waals surface area contributed by atoms with E-state index in [0.717, 1.165) is 10.5 Å². The lowest BCUT2D eigenvalue weighted by atomic mass is 10.2. The van der Waals surface area contributed by atoms with Crippen molar-refractivity contribution < 1.29 is 9.59 Å². The summed E-state index contributed by atoms with van der Waals surface area (Å²) in [5.74, 6) is 0.687. The van der Waals surface area contributed by atoms with Crippen molar-refractivity contribution in [3.05, 3.63) is 35.5 Å². The molecule has 1 aliphatic rings. The van der Waals surface area contributed by atoms with E-state index in [1.807, 2.05) is 13.0 Å². The molecule has 0 aliphatic carbocycles. The largest absolute Gasteiger partial charge is 0.324 e. The van der Waals surface area contributed by atoms with Crippen molar-refractivity contribution in [2.24, 2.45) is 0 Å². The van der Waals surface area contributed by atoms with Crippen molar-refractivity contribution in [3.8, 4) is 0 Å². The SMILES string of the molecule is Cc1cn[nH]c1NC(=O)c1ccc2c(c1)NC(=O)CS2. The molecule has 0 atom stereocenters. The summed E-state index contributed by atoms with van der Waals surface area (Å²) in [5.41, 5.74) is 2.03. The Labute approximate surface area is 119 Å². The highest BCUT2D eigenvalue weighted by Gasteiger charge is 2.17. The molecule has 3 N–H and O–H groups in total. The van der Waals surface area contributed by atoms with Gasteiger partial charge in [0, 0.05) is 16.0 Å². The fourth-order valence-corrected chi connectivity index (χ4v) is 2.67. The number of anilines is 2. The van der Waals surface area contributed by atoms with Crippen LogP contribution in [-0.4, -0.2) is 27.8 Å². The van der Waals surface area contributed by atoms with Crippen molar-refractivity contribution >= 4 is 35.1 Å². The third-order valence-corrected chi connectivity index (χ3v) is 4.02. The Morgan fingerprint density at radius 1 is 1.45 bits per heavy atom. The van der Waals surface area contributed by atoms with Gasteiger partial charge in [-0.25, -0.2) is 0 Å². The van der Waals surface area contributed by atoms with Gasteiger partial charge in [0.05, 0.1) is 17.6 Å². The molecule has 0 fully saturated rings. The summed E-state index contributed by atoms with van der Waals surface area (Å²) in [4.78, 5) is 24.5. The summed E-state index contributed by atoms with van der Waals surface area (Å²) in [5, 5.41) is 12.1. The van der Waals surface area contributed by atoms with Crippen LogP contribution < -0.4 is 10.6 Å². The van der Waals surface area contributed by atoms with Crippen LogP contribution in [-0.2, 0) is 4.79 Å². The standard InChI is InChI=1S/C13H12N4O2S/c1-7-5-14-17-12(7)16-13(19)8-2-3-10-9(4-8)15-11(18)6-20-10/h2-5H,6H2,1H3,(H,15,18)(H2,14,16,17,19). The number of amides is 2. The molecule has 3 rings (SSSR count). The fourth-order valence-electron chi connectivity index (χ4n) is 1.88. The van der Waals surface area contributed by atoms with Crippen LogP contribution in [0.1, 0.15) is 15.9 Å². The van der Waals surface area contributed by atoms with E-state index in [1.165, 1.54) is 11.8 Å². The molecule has 0 bridgehead atoms. The van der Waals surface area contributed by atoms with Crippen molar-refractivity contribution in [1.82, 2.24) is 10.2 Å². The van der Waals surface area contributed by atoms with Gasteiger partial charge >= 0.3 is 0 Å². The first-order valence-corrected chi connectivity index (χ1v) is 7.00. The maximum absolute atomic E-state index is 12.2. The van der Waals surface area contributed by atoms with Gasteiger partial charge < -0.3 is 10.6 Å². The zero-order valence-electron chi connectivity index (χ0n) is 10.7. The van der Waals surface area contributed by atoms with E-state index in [0.29, 0.717) is 22.8 Å². The number of hydrogen-bond acceptors (Lipinski definition) is 4. The average Bonchev–Trinajstić information content (AvgIpc) is 2.83. The molecular formula is C13H12N4O2S. The van der Waals surface area contributed by atoms with Crippen LogP contribution in [0.15, 0.2) is 29.3 Å². The number of fused-ring (bicyclic) bond motifs is 1. The van der Waals surface area contributed by atoms with Crippen LogP contribution in [0.3, 0.4) is 0 Å². The van der Waals surface area contributed by atoms with Gasteiger partial charge in [0.15, 0.2) is 0 Å². The van der Waals surface area contributed by atoms with Crippen molar-refractivity contribution in [1.29, 1.82) is 0 Å². The van der Waals surface area contributed by atoms with Gasteiger partial charge in [-0.05, 0) is 25.1 Å². The summed E-state index contributed by atoms with van der Waals surface area (Å²) >= 11 is 1.47. The van der Waals surface area contributed by atoms with Gasteiger partial charge in [-0.2, -0.15) is 5.10 Å². The van der Waals surface area contributed by atoms with Crippen LogP contribution in [0, 0.1) is 6.92 Å². The third kappa shape index (κ3) is 2.39. The molecule has 2 heterocycles. The monoisotopic (exact) mass is 288 g/mol. The molecule has 0 unspecified atom stereocenters. The van der Waals surface area contributed by atoms with Crippen LogP contribution in [0.4, 0.5) is 11.5 Å². The Balaban J connectivity index is 1.84. The van der Waals surface area contributed by atoms with E-state index in [1.54, 1.807) is 18.3 Å². The number of nitrogens with one attached hydrogen (secondary N) is 3. The van der Waals surface area contributed by atoms with Gasteiger partial charge in [-0.1, -0.05) is 0 Å². The fraction of sp³-hybridized carbons (Fsp3) is 0.154. The number of thioether (sulfide) groups is 1. The Morgan fingerprint density at radius 3 is 3.05 bits per heavy atom. The zero-order valence-corrected chi connectivity index (χ0v) is 11.5. The molecule has 6 nitrogen and oxygen atoms in total. The highest BCUT2D eigenvalue weighted by molar-refractivity contribution is 8.00. The van der Waals surface area contributed by atoms with E-state index in [2.05, 4.69) is 20.8 Å². The highest BCUT2D eigenvalue weighted by Crippen LogP contribution is 2.32. The molecule has 0 spiro atoms. The molecule has 1 aromatic carbocycles. The van der Waals surface area contributed by atoms with Gasteiger partial charge in [0.2, 0.25) is 5.91 Å². The predicted octanol–water partition coefficient (Wildman–Crippen LogP) is 2.01. The first-order chi connectivity index (χ1) is 9.63. The van der Waals surface area contributed by atoms with E-state index in [4.69, 9.17) is 0 Å². The van der Waals surface area contributed by atoms with Crippen molar-refractivity contribution in [3.63, 3.8) is 0 Å². The average molecular weight is 288 g/mol. The minimum Gasteiger partial charge on any atom is -0.324 e. The summed E-state index contributed by atoms with van der Waals surface area (Å²) in [7, 11) is 0. The Bertz CT molecular complexity index is 695. The first-order valence-electron chi connectivity index (χ1n) is 6.01. The topological polar surface area (TPSA) is 86.9 Å². The number of hydrogen-bond donors (Lipinski definition) is 3. The number of carbonyl (C=O) groups excluding carboxylic acids is 2. The molecular weight excluding hydrogens is 276 g/mol. The number of aromatic nitrogens is 2. The quantitative estimate of drug-likeness (QED) is 0.789. The summed E-state index contributed by atoms with van der Waals surface area (Å²) in [6, 6.07) is 5.26. The Morgan fingerprint density at radius 2 is 2.30 bits per heavy atom. The van der Waals surface area contributed by atoms with Gasteiger partial charge in [0.1, 0.15) is 5.82 Å². The lowest BCUT2D eigenvalue weighted by Gasteiger charge is -2.16. The van der Waals surface area contributed by atoms with Crippen LogP contribution in [0.2, 0.25) is 0 Å². The molecule has 2 aromatic rings. The maximum Gasteiger partial charge on any atom is 0.256 e. The Hall–Kier alpha value is -2.28. The minimum atomic E-state index is -0.245. The number of benzene rings is 1. The first kappa shape index (κ1) is 12.7. The van der Waals surface area contributed by atoms with Crippen molar-refractivity contribution in [2.45, 2.75) is 11.8 Å². The van der Waals surface area contributed by atoms with Crippen LogP contribution in [0.25, 0.3) is 0 Å². The van der Waals surface area contributed by atoms with Crippen LogP contribution in [0.5, 0.6) is 0 Å². The second-order valence-electron chi connectivity index (χ2n) is 4.43. The maximum atomic E-state index is 12.2. The number of carbonyl (C=O) groups is 2. The Kier molecular flexibility index (Phi) is 3.19. The molecule has 0 saturated heterocycles. The van der Waals surface area contributed by atoms with E-state index in [9.17, 15) is 9.59 Å². The lowest BCUT2D eigenvalue weighted by Crippen LogP contribution is -2.20.